The lowest BCUT2D eigenvalue weighted by Gasteiger charge is -2.18. The van der Waals surface area contributed by atoms with Crippen LogP contribution in [0.25, 0.3) is 0 Å². The molecule has 2 aromatic rings. The quantitative estimate of drug-likeness (QED) is 0.916. The Labute approximate surface area is 128 Å². The summed E-state index contributed by atoms with van der Waals surface area (Å²) in [5.41, 5.74) is -0.908. The third-order valence-electron chi connectivity index (χ3n) is 2.76. The van der Waals surface area contributed by atoms with Crippen molar-refractivity contribution < 1.29 is 22.7 Å². The molecule has 1 aromatic heterocycles. The van der Waals surface area contributed by atoms with Crippen molar-refractivity contribution in [2.24, 2.45) is 0 Å². The Morgan fingerprint density at radius 1 is 1.41 bits per heavy atom. The first-order valence-corrected chi connectivity index (χ1v) is 7.25. The fraction of sp³-hybridized carbons (Fsp3) is 0.286. The van der Waals surface area contributed by atoms with Gasteiger partial charge in [-0.2, -0.15) is 13.2 Å². The largest absolute Gasteiger partial charge is 0.480 e. The summed E-state index contributed by atoms with van der Waals surface area (Å²) in [7, 11) is 0. The van der Waals surface area contributed by atoms with Gasteiger partial charge in [-0.15, -0.1) is 11.3 Å². The number of carbonyl (C=O) groups excluding carboxylic acids is 1. The van der Waals surface area contributed by atoms with E-state index in [9.17, 15) is 18.0 Å². The van der Waals surface area contributed by atoms with Gasteiger partial charge in [0.05, 0.1) is 12.1 Å². The summed E-state index contributed by atoms with van der Waals surface area (Å²) in [5, 5.41) is 5.04. The maximum Gasteiger partial charge on any atom is 0.419 e. The van der Waals surface area contributed by atoms with E-state index >= 15 is 0 Å². The third-order valence-corrected chi connectivity index (χ3v) is 3.54. The second kappa shape index (κ2) is 6.78. The van der Waals surface area contributed by atoms with Crippen molar-refractivity contribution in [2.75, 3.05) is 0 Å². The van der Waals surface area contributed by atoms with Crippen LogP contribution in [0.15, 0.2) is 35.8 Å². The number of benzene rings is 1. The lowest BCUT2D eigenvalue weighted by Crippen LogP contribution is -2.36. The van der Waals surface area contributed by atoms with Gasteiger partial charge in [0.2, 0.25) is 0 Å². The number of hydrogen-bond acceptors (Lipinski definition) is 4. The van der Waals surface area contributed by atoms with Crippen LogP contribution >= 0.6 is 11.3 Å². The molecular weight excluding hydrogens is 317 g/mol. The smallest absolute Gasteiger partial charge is 0.419 e. The van der Waals surface area contributed by atoms with Crippen molar-refractivity contribution in [1.29, 1.82) is 0 Å². The zero-order chi connectivity index (χ0) is 16.2. The molecule has 0 fully saturated rings. The molecule has 118 valence electrons. The molecule has 0 radical (unpaired) electrons. The summed E-state index contributed by atoms with van der Waals surface area (Å²) < 4.78 is 43.7. The first-order valence-electron chi connectivity index (χ1n) is 6.37. The maximum absolute atomic E-state index is 12.8. The number of amides is 1. The molecule has 8 heteroatoms. The number of ether oxygens (including phenoxy) is 1. The minimum atomic E-state index is -4.53. The first kappa shape index (κ1) is 16.3. The Morgan fingerprint density at radius 3 is 2.77 bits per heavy atom. The van der Waals surface area contributed by atoms with Crippen LogP contribution in [0, 0.1) is 0 Å². The van der Waals surface area contributed by atoms with E-state index in [2.05, 4.69) is 10.3 Å². The van der Waals surface area contributed by atoms with E-state index in [-0.39, 0.29) is 12.3 Å². The van der Waals surface area contributed by atoms with E-state index in [4.69, 9.17) is 4.74 Å². The van der Waals surface area contributed by atoms with Gasteiger partial charge in [0.15, 0.2) is 6.10 Å². The van der Waals surface area contributed by atoms with Crippen molar-refractivity contribution >= 4 is 17.2 Å². The predicted molar refractivity (Wildman–Crippen MR) is 75.5 cm³/mol. The molecule has 2 rings (SSSR count). The van der Waals surface area contributed by atoms with Crippen molar-refractivity contribution in [3.63, 3.8) is 0 Å². The van der Waals surface area contributed by atoms with Crippen molar-refractivity contribution in [1.82, 2.24) is 10.3 Å². The monoisotopic (exact) mass is 330 g/mol. The minimum Gasteiger partial charge on any atom is -0.480 e. The minimum absolute atomic E-state index is 0.213. The number of thiazole rings is 1. The predicted octanol–water partition coefficient (Wildman–Crippen LogP) is 3.25. The molecule has 0 bridgehead atoms. The fourth-order valence-electron chi connectivity index (χ4n) is 1.69. The Kier molecular flexibility index (Phi) is 5.02. The maximum atomic E-state index is 12.8. The van der Waals surface area contributed by atoms with Crippen molar-refractivity contribution in [3.8, 4) is 5.75 Å². The van der Waals surface area contributed by atoms with Gasteiger partial charge in [0.1, 0.15) is 10.8 Å². The number of halogens is 3. The molecule has 0 saturated heterocycles. The highest BCUT2D eigenvalue weighted by atomic mass is 32.1. The molecule has 1 heterocycles. The molecule has 1 N–H and O–H groups in total. The molecule has 1 atom stereocenters. The molecule has 1 amide bonds. The van der Waals surface area contributed by atoms with Crippen LogP contribution in [0.4, 0.5) is 13.2 Å². The second-order valence-electron chi connectivity index (χ2n) is 4.40. The molecule has 4 nitrogen and oxygen atoms in total. The Hall–Kier alpha value is -2.09. The lowest BCUT2D eigenvalue weighted by molar-refractivity contribution is -0.140. The highest BCUT2D eigenvalue weighted by molar-refractivity contribution is 7.09. The topological polar surface area (TPSA) is 51.2 Å². The number of alkyl halides is 3. The van der Waals surface area contributed by atoms with Crippen LogP contribution in [-0.4, -0.2) is 17.0 Å². The van der Waals surface area contributed by atoms with Crippen LogP contribution in [-0.2, 0) is 17.5 Å². The molecule has 0 saturated carbocycles. The molecular formula is C14H13F3N2O2S. The normalized spacial score (nSPS) is 12.7. The average molecular weight is 330 g/mol. The van der Waals surface area contributed by atoms with Gasteiger partial charge in [-0.05, 0) is 19.1 Å². The highest BCUT2D eigenvalue weighted by Crippen LogP contribution is 2.36. The molecule has 22 heavy (non-hydrogen) atoms. The second-order valence-corrected chi connectivity index (χ2v) is 5.38. The Bertz CT molecular complexity index is 629. The van der Waals surface area contributed by atoms with E-state index in [0.717, 1.165) is 6.07 Å². The number of aromatic nitrogens is 1. The lowest BCUT2D eigenvalue weighted by atomic mass is 10.2. The van der Waals surface area contributed by atoms with E-state index in [0.29, 0.717) is 5.01 Å². The van der Waals surface area contributed by atoms with Gasteiger partial charge in [-0.1, -0.05) is 12.1 Å². The Morgan fingerprint density at radius 2 is 2.14 bits per heavy atom. The van der Waals surface area contributed by atoms with E-state index in [1.165, 1.54) is 36.5 Å². The SMILES string of the molecule is C[C@H](Oc1ccccc1C(F)(F)F)C(=O)NCc1nccs1. The standard InChI is InChI=1S/C14H13F3N2O2S/c1-9(13(20)19-8-12-18-6-7-22-12)21-11-5-3-2-4-10(11)14(15,16)17/h2-7,9H,8H2,1H3,(H,19,20)/t9-/m0/s1. The number of para-hydroxylation sites is 1. The molecule has 0 unspecified atom stereocenters. The summed E-state index contributed by atoms with van der Waals surface area (Å²) in [4.78, 5) is 15.9. The number of rotatable bonds is 5. The molecule has 1 aromatic carbocycles. The zero-order valence-corrected chi connectivity index (χ0v) is 12.4. The first-order chi connectivity index (χ1) is 10.4. The fourth-order valence-corrected chi connectivity index (χ4v) is 2.25. The number of hydrogen-bond donors (Lipinski definition) is 1. The summed E-state index contributed by atoms with van der Waals surface area (Å²) in [6.45, 7) is 1.61. The summed E-state index contributed by atoms with van der Waals surface area (Å²) >= 11 is 1.37. The zero-order valence-electron chi connectivity index (χ0n) is 11.6. The van der Waals surface area contributed by atoms with Gasteiger partial charge in [-0.25, -0.2) is 4.98 Å². The van der Waals surface area contributed by atoms with Crippen LogP contribution in [0.1, 0.15) is 17.5 Å². The van der Waals surface area contributed by atoms with Gasteiger partial charge >= 0.3 is 6.18 Å². The number of carbonyl (C=O) groups is 1. The van der Waals surface area contributed by atoms with Crippen LogP contribution in [0.5, 0.6) is 5.75 Å². The summed E-state index contributed by atoms with van der Waals surface area (Å²) in [6.07, 6.45) is -3.98. The molecule has 0 aliphatic carbocycles. The number of nitrogens with one attached hydrogen (secondary N) is 1. The number of nitrogens with zero attached hydrogens (tertiary/aromatic N) is 1. The van der Waals surface area contributed by atoms with E-state index < -0.39 is 23.8 Å². The van der Waals surface area contributed by atoms with E-state index in [1.54, 1.807) is 11.6 Å². The third kappa shape index (κ3) is 4.20. The van der Waals surface area contributed by atoms with Crippen LogP contribution < -0.4 is 10.1 Å². The van der Waals surface area contributed by atoms with Gasteiger partial charge < -0.3 is 10.1 Å². The van der Waals surface area contributed by atoms with Gasteiger partial charge in [0.25, 0.3) is 5.91 Å². The van der Waals surface area contributed by atoms with Crippen LogP contribution in [0.3, 0.4) is 0 Å². The molecule has 0 aliphatic heterocycles. The highest BCUT2D eigenvalue weighted by Gasteiger charge is 2.34. The summed E-state index contributed by atoms with van der Waals surface area (Å²) in [6, 6.07) is 4.79. The van der Waals surface area contributed by atoms with Crippen molar-refractivity contribution in [2.45, 2.75) is 25.7 Å². The molecule has 0 aliphatic rings. The van der Waals surface area contributed by atoms with Crippen molar-refractivity contribution in [3.05, 3.63) is 46.4 Å². The van der Waals surface area contributed by atoms with E-state index in [1.807, 2.05) is 0 Å². The van der Waals surface area contributed by atoms with Crippen LogP contribution in [0.2, 0.25) is 0 Å². The van der Waals surface area contributed by atoms with Gasteiger partial charge in [-0.3, -0.25) is 4.79 Å². The van der Waals surface area contributed by atoms with Gasteiger partial charge in [0, 0.05) is 11.6 Å². The Balaban J connectivity index is 1.99. The summed E-state index contributed by atoms with van der Waals surface area (Å²) in [5.74, 6) is -0.876. The molecule has 0 spiro atoms. The average Bonchev–Trinajstić information content (AvgIpc) is 2.97.